The molecule has 158 valence electrons. The molecule has 1 aliphatic rings. The maximum Gasteiger partial charge on any atom is 0.407 e. The molecule has 1 amide bonds. The fourth-order valence-electron chi connectivity index (χ4n) is 3.99. The summed E-state index contributed by atoms with van der Waals surface area (Å²) in [6, 6.07) is 20.1. The van der Waals surface area contributed by atoms with Crippen LogP contribution >= 0.6 is 23.2 Å². The van der Waals surface area contributed by atoms with Crippen molar-refractivity contribution in [2.24, 2.45) is 0 Å². The third kappa shape index (κ3) is 4.38. The predicted molar refractivity (Wildman–Crippen MR) is 120 cm³/mol. The minimum Gasteiger partial charge on any atom is -0.481 e. The Labute approximate surface area is 189 Å². The predicted octanol–water partition coefficient (Wildman–Crippen LogP) is 6.05. The summed E-state index contributed by atoms with van der Waals surface area (Å²) in [4.78, 5) is 23.9. The number of ether oxygens (including phenoxy) is 1. The molecule has 3 aromatic carbocycles. The second kappa shape index (κ2) is 9.00. The maximum atomic E-state index is 12.6. The van der Waals surface area contributed by atoms with Gasteiger partial charge in [0.15, 0.2) is 0 Å². The third-order valence-corrected chi connectivity index (χ3v) is 6.20. The van der Waals surface area contributed by atoms with E-state index in [1.54, 1.807) is 18.2 Å². The Bertz CT molecular complexity index is 1100. The van der Waals surface area contributed by atoms with Crippen LogP contribution in [0.25, 0.3) is 11.1 Å². The normalized spacial score (nSPS) is 13.2. The van der Waals surface area contributed by atoms with E-state index in [0.29, 0.717) is 5.56 Å². The lowest BCUT2D eigenvalue weighted by atomic mass is 9.98. The van der Waals surface area contributed by atoms with Gasteiger partial charge >= 0.3 is 12.1 Å². The Balaban J connectivity index is 1.50. The molecule has 1 unspecified atom stereocenters. The molecule has 0 aromatic heterocycles. The zero-order valence-electron chi connectivity index (χ0n) is 16.3. The van der Waals surface area contributed by atoms with Gasteiger partial charge < -0.3 is 15.2 Å². The smallest absolute Gasteiger partial charge is 0.407 e. The molecule has 0 aliphatic heterocycles. The highest BCUT2D eigenvalue weighted by Gasteiger charge is 2.29. The van der Waals surface area contributed by atoms with E-state index in [1.807, 2.05) is 36.4 Å². The monoisotopic (exact) mass is 455 g/mol. The van der Waals surface area contributed by atoms with E-state index in [4.69, 9.17) is 27.9 Å². The summed E-state index contributed by atoms with van der Waals surface area (Å²) in [7, 11) is 0. The molecule has 1 aliphatic carbocycles. The van der Waals surface area contributed by atoms with Crippen molar-refractivity contribution >= 4 is 35.3 Å². The first-order valence-corrected chi connectivity index (χ1v) is 10.5. The number of halogens is 2. The standard InChI is InChI=1S/C24H19Cl2NO4/c25-20-11-5-10-18(23(20)26)21(12-22(28)29)27-24(30)31-13-19-16-8-3-1-6-14(16)15-7-2-4-9-17(15)19/h1-11,19,21H,12-13H2,(H,27,30)(H,28,29). The first kappa shape index (κ1) is 21.2. The van der Waals surface area contributed by atoms with Crippen molar-refractivity contribution in [3.63, 3.8) is 0 Å². The first-order valence-electron chi connectivity index (χ1n) is 9.73. The summed E-state index contributed by atoms with van der Waals surface area (Å²) < 4.78 is 5.52. The molecule has 0 spiro atoms. The molecule has 5 nitrogen and oxygen atoms in total. The van der Waals surface area contributed by atoms with Crippen LogP contribution in [0.15, 0.2) is 66.7 Å². The van der Waals surface area contributed by atoms with Gasteiger partial charge in [-0.1, -0.05) is 83.9 Å². The van der Waals surface area contributed by atoms with Crippen LogP contribution in [0.1, 0.15) is 35.1 Å². The zero-order valence-corrected chi connectivity index (χ0v) is 17.9. The van der Waals surface area contributed by atoms with Crippen LogP contribution in [0.5, 0.6) is 0 Å². The average Bonchev–Trinajstić information content (AvgIpc) is 3.07. The van der Waals surface area contributed by atoms with E-state index in [9.17, 15) is 14.7 Å². The Morgan fingerprint density at radius 3 is 2.16 bits per heavy atom. The van der Waals surface area contributed by atoms with E-state index in [0.717, 1.165) is 22.3 Å². The fourth-order valence-corrected chi connectivity index (χ4v) is 4.42. The third-order valence-electron chi connectivity index (χ3n) is 5.37. The number of aliphatic carboxylic acids is 1. The number of carboxylic acid groups (broad SMARTS) is 1. The molecule has 2 N–H and O–H groups in total. The van der Waals surface area contributed by atoms with Crippen molar-refractivity contribution < 1.29 is 19.4 Å². The summed E-state index contributed by atoms with van der Waals surface area (Å²) in [5.74, 6) is -1.18. The van der Waals surface area contributed by atoms with Gasteiger partial charge in [-0.25, -0.2) is 4.79 Å². The molecule has 0 saturated carbocycles. The number of hydrogen-bond acceptors (Lipinski definition) is 3. The van der Waals surface area contributed by atoms with Crippen LogP contribution < -0.4 is 5.32 Å². The van der Waals surface area contributed by atoms with Gasteiger partial charge in [-0.15, -0.1) is 0 Å². The lowest BCUT2D eigenvalue weighted by Crippen LogP contribution is -2.32. The van der Waals surface area contributed by atoms with Crippen molar-refractivity contribution in [2.45, 2.75) is 18.4 Å². The van der Waals surface area contributed by atoms with Gasteiger partial charge in [0.05, 0.1) is 22.5 Å². The molecule has 31 heavy (non-hydrogen) atoms. The molecule has 0 radical (unpaired) electrons. The summed E-state index contributed by atoms with van der Waals surface area (Å²) in [5.41, 5.74) is 4.86. The highest BCUT2D eigenvalue weighted by Crippen LogP contribution is 2.44. The maximum absolute atomic E-state index is 12.6. The van der Waals surface area contributed by atoms with E-state index in [2.05, 4.69) is 17.4 Å². The SMILES string of the molecule is O=C(O)CC(NC(=O)OCC1c2ccccc2-c2ccccc21)c1cccc(Cl)c1Cl. The number of carboxylic acids is 1. The van der Waals surface area contributed by atoms with Crippen LogP contribution in [0.2, 0.25) is 10.0 Å². The van der Waals surface area contributed by atoms with Gasteiger partial charge in [-0.2, -0.15) is 0 Å². The molecule has 0 saturated heterocycles. The molecule has 1 atom stereocenters. The molecule has 3 aromatic rings. The van der Waals surface area contributed by atoms with Gasteiger partial charge in [0.25, 0.3) is 0 Å². The van der Waals surface area contributed by atoms with Crippen molar-refractivity contribution in [2.75, 3.05) is 6.61 Å². The van der Waals surface area contributed by atoms with E-state index < -0.39 is 18.1 Å². The Hall–Kier alpha value is -3.02. The van der Waals surface area contributed by atoms with Crippen molar-refractivity contribution in [1.82, 2.24) is 5.32 Å². The lowest BCUT2D eigenvalue weighted by Gasteiger charge is -2.20. The minimum atomic E-state index is -1.08. The number of fused-ring (bicyclic) bond motifs is 3. The van der Waals surface area contributed by atoms with Crippen LogP contribution in [0.4, 0.5) is 4.79 Å². The van der Waals surface area contributed by atoms with Crippen LogP contribution in [0.3, 0.4) is 0 Å². The molecule has 0 fully saturated rings. The number of hydrogen-bond donors (Lipinski definition) is 2. The molecule has 0 heterocycles. The summed E-state index contributed by atoms with van der Waals surface area (Å²) in [5, 5.41) is 12.4. The number of nitrogens with one attached hydrogen (secondary N) is 1. The topological polar surface area (TPSA) is 75.6 Å². The molecule has 7 heteroatoms. The Morgan fingerprint density at radius 1 is 0.935 bits per heavy atom. The number of carbonyl (C=O) groups is 2. The summed E-state index contributed by atoms with van der Waals surface area (Å²) in [6.45, 7) is 0.128. The molecule has 0 bridgehead atoms. The number of benzene rings is 3. The number of alkyl carbamates (subject to hydrolysis) is 1. The molecular weight excluding hydrogens is 437 g/mol. The zero-order chi connectivity index (χ0) is 22.0. The Morgan fingerprint density at radius 2 is 1.55 bits per heavy atom. The van der Waals surface area contributed by atoms with Gasteiger partial charge in [0, 0.05) is 5.92 Å². The minimum absolute atomic E-state index is 0.0918. The fraction of sp³-hybridized carbons (Fsp3) is 0.167. The van der Waals surface area contributed by atoms with Crippen LogP contribution in [0, 0.1) is 0 Å². The van der Waals surface area contributed by atoms with E-state index in [1.165, 1.54) is 0 Å². The molecule has 4 rings (SSSR count). The van der Waals surface area contributed by atoms with E-state index >= 15 is 0 Å². The van der Waals surface area contributed by atoms with Crippen LogP contribution in [-0.2, 0) is 9.53 Å². The second-order valence-corrected chi connectivity index (χ2v) is 8.05. The summed E-state index contributed by atoms with van der Waals surface area (Å²) in [6.07, 6.45) is -1.08. The van der Waals surface area contributed by atoms with E-state index in [-0.39, 0.29) is 29.0 Å². The number of amides is 1. The average molecular weight is 456 g/mol. The first-order chi connectivity index (χ1) is 15.0. The lowest BCUT2D eigenvalue weighted by molar-refractivity contribution is -0.137. The van der Waals surface area contributed by atoms with Crippen molar-refractivity contribution in [1.29, 1.82) is 0 Å². The van der Waals surface area contributed by atoms with Crippen molar-refractivity contribution in [3.05, 3.63) is 93.5 Å². The van der Waals surface area contributed by atoms with Gasteiger partial charge in [0.2, 0.25) is 0 Å². The van der Waals surface area contributed by atoms with Gasteiger partial charge in [0.1, 0.15) is 6.61 Å². The van der Waals surface area contributed by atoms with Gasteiger partial charge in [-0.05, 0) is 33.9 Å². The van der Waals surface area contributed by atoms with Gasteiger partial charge in [-0.3, -0.25) is 4.79 Å². The highest BCUT2D eigenvalue weighted by atomic mass is 35.5. The summed E-state index contributed by atoms with van der Waals surface area (Å²) >= 11 is 12.3. The quantitative estimate of drug-likeness (QED) is 0.474. The molecular formula is C24H19Cl2NO4. The number of rotatable bonds is 6. The Kier molecular flexibility index (Phi) is 6.16. The number of carbonyl (C=O) groups excluding carboxylic acids is 1. The highest BCUT2D eigenvalue weighted by molar-refractivity contribution is 6.42. The largest absolute Gasteiger partial charge is 0.481 e. The van der Waals surface area contributed by atoms with Crippen molar-refractivity contribution in [3.8, 4) is 11.1 Å². The van der Waals surface area contributed by atoms with Crippen LogP contribution in [-0.4, -0.2) is 23.8 Å². The second-order valence-electron chi connectivity index (χ2n) is 7.26.